The summed E-state index contributed by atoms with van der Waals surface area (Å²) in [5, 5.41) is 10.3. The fourth-order valence-corrected chi connectivity index (χ4v) is 3.97. The van der Waals surface area contributed by atoms with Crippen LogP contribution in [0.3, 0.4) is 0 Å². The highest BCUT2D eigenvalue weighted by atomic mass is 32.2. The van der Waals surface area contributed by atoms with E-state index < -0.39 is 0 Å². The number of carbonyl (C=O) groups excluding carboxylic acids is 1. The number of methoxy groups -OCH3 is 1. The molecule has 2 aliphatic rings. The van der Waals surface area contributed by atoms with Crippen molar-refractivity contribution >= 4 is 23.4 Å². The second kappa shape index (κ2) is 6.65. The van der Waals surface area contributed by atoms with E-state index in [4.69, 9.17) is 4.74 Å². The highest BCUT2D eigenvalue weighted by molar-refractivity contribution is 7.98. The number of nitriles is 1. The Morgan fingerprint density at radius 3 is 2.85 bits per heavy atom. The number of carbonyl (C=O) groups is 1. The van der Waals surface area contributed by atoms with Gasteiger partial charge in [-0.05, 0) is 55.3 Å². The van der Waals surface area contributed by atoms with E-state index in [-0.39, 0.29) is 5.91 Å². The lowest BCUT2D eigenvalue weighted by molar-refractivity contribution is 0.0988. The first-order valence-electron chi connectivity index (χ1n) is 8.64. The van der Waals surface area contributed by atoms with Crippen LogP contribution in [-0.4, -0.2) is 30.8 Å². The Labute approximate surface area is 157 Å². The van der Waals surface area contributed by atoms with Crippen LogP contribution < -0.4 is 9.64 Å². The SMILES string of the molecule is COc1ccc2c(c1)CCN2C(=O)c1cc(C2CC2)nc(SC)c1C#N. The number of hydrogen-bond acceptors (Lipinski definition) is 5. The summed E-state index contributed by atoms with van der Waals surface area (Å²) in [6.45, 7) is 0.613. The van der Waals surface area contributed by atoms with E-state index in [1.807, 2.05) is 30.5 Å². The molecule has 2 heterocycles. The third-order valence-corrected chi connectivity index (χ3v) is 5.65. The molecule has 1 aromatic heterocycles. The summed E-state index contributed by atoms with van der Waals surface area (Å²) < 4.78 is 5.28. The average molecular weight is 365 g/mol. The zero-order valence-corrected chi connectivity index (χ0v) is 15.6. The van der Waals surface area contributed by atoms with Crippen LogP contribution in [0.4, 0.5) is 5.69 Å². The van der Waals surface area contributed by atoms with E-state index in [9.17, 15) is 10.1 Å². The molecule has 1 amide bonds. The number of hydrogen-bond donors (Lipinski definition) is 0. The molecule has 6 heteroatoms. The summed E-state index contributed by atoms with van der Waals surface area (Å²) in [6, 6.07) is 9.79. The third kappa shape index (κ3) is 2.82. The molecule has 0 bridgehead atoms. The van der Waals surface area contributed by atoms with Crippen molar-refractivity contribution in [2.75, 3.05) is 24.8 Å². The molecule has 0 radical (unpaired) electrons. The maximum atomic E-state index is 13.3. The molecule has 1 aliphatic carbocycles. The molecule has 0 spiro atoms. The van der Waals surface area contributed by atoms with Crippen molar-refractivity contribution in [1.82, 2.24) is 4.98 Å². The Morgan fingerprint density at radius 1 is 1.38 bits per heavy atom. The minimum atomic E-state index is -0.120. The van der Waals surface area contributed by atoms with Crippen LogP contribution in [0.15, 0.2) is 29.3 Å². The second-order valence-corrected chi connectivity index (χ2v) is 7.36. The van der Waals surface area contributed by atoms with Gasteiger partial charge in [0.2, 0.25) is 0 Å². The fraction of sp³-hybridized carbons (Fsp3) is 0.350. The van der Waals surface area contributed by atoms with Gasteiger partial charge in [0.25, 0.3) is 5.91 Å². The van der Waals surface area contributed by atoms with Crippen LogP contribution in [-0.2, 0) is 6.42 Å². The summed E-state index contributed by atoms with van der Waals surface area (Å²) in [4.78, 5) is 19.7. The number of amides is 1. The first-order valence-corrected chi connectivity index (χ1v) is 9.86. The molecule has 2 aromatic rings. The molecular formula is C20H19N3O2S. The van der Waals surface area contributed by atoms with Crippen molar-refractivity contribution in [3.05, 3.63) is 46.6 Å². The highest BCUT2D eigenvalue weighted by Gasteiger charge is 2.32. The van der Waals surface area contributed by atoms with Crippen LogP contribution in [0, 0.1) is 11.3 Å². The van der Waals surface area contributed by atoms with E-state index in [1.165, 1.54) is 11.8 Å². The molecule has 0 N–H and O–H groups in total. The van der Waals surface area contributed by atoms with Crippen LogP contribution >= 0.6 is 11.8 Å². The number of benzene rings is 1. The quantitative estimate of drug-likeness (QED) is 0.772. The van der Waals surface area contributed by atoms with E-state index >= 15 is 0 Å². The number of fused-ring (bicyclic) bond motifs is 1. The molecule has 26 heavy (non-hydrogen) atoms. The van der Waals surface area contributed by atoms with Crippen molar-refractivity contribution in [3.63, 3.8) is 0 Å². The van der Waals surface area contributed by atoms with E-state index in [2.05, 4.69) is 11.1 Å². The predicted molar refractivity (Wildman–Crippen MR) is 101 cm³/mol. The summed E-state index contributed by atoms with van der Waals surface area (Å²) in [7, 11) is 1.64. The molecule has 1 fully saturated rings. The average Bonchev–Trinajstić information content (AvgIpc) is 3.45. The minimum absolute atomic E-state index is 0.120. The Bertz CT molecular complexity index is 931. The van der Waals surface area contributed by atoms with Gasteiger partial charge < -0.3 is 9.64 Å². The zero-order valence-electron chi connectivity index (χ0n) is 14.8. The Balaban J connectivity index is 1.76. The third-order valence-electron chi connectivity index (χ3n) is 4.96. The molecule has 0 saturated heterocycles. The fourth-order valence-electron chi connectivity index (χ4n) is 3.41. The maximum Gasteiger partial charge on any atom is 0.259 e. The summed E-state index contributed by atoms with van der Waals surface area (Å²) in [5.74, 6) is 1.10. The van der Waals surface area contributed by atoms with Crippen LogP contribution in [0.2, 0.25) is 0 Å². The molecular weight excluding hydrogens is 346 g/mol. The zero-order chi connectivity index (χ0) is 18.3. The van der Waals surface area contributed by atoms with Crippen LogP contribution in [0.1, 0.15) is 45.9 Å². The van der Waals surface area contributed by atoms with Gasteiger partial charge in [-0.15, -0.1) is 11.8 Å². The van der Waals surface area contributed by atoms with Crippen molar-refractivity contribution in [1.29, 1.82) is 5.26 Å². The number of rotatable bonds is 4. The van der Waals surface area contributed by atoms with E-state index in [1.54, 1.807) is 12.0 Å². The standard InChI is InChI=1S/C20H19N3O2S/c1-25-14-5-6-18-13(9-14)7-8-23(18)20(24)15-10-17(12-3-4-12)22-19(26-2)16(15)11-21/h5-6,9-10,12H,3-4,7-8H2,1-2H3. The van der Waals surface area contributed by atoms with Gasteiger partial charge in [-0.3, -0.25) is 4.79 Å². The van der Waals surface area contributed by atoms with Crippen LogP contribution in [0.25, 0.3) is 0 Å². The Kier molecular flexibility index (Phi) is 4.33. The number of anilines is 1. The number of thioether (sulfide) groups is 1. The van der Waals surface area contributed by atoms with Crippen molar-refractivity contribution in [3.8, 4) is 11.8 Å². The van der Waals surface area contributed by atoms with E-state index in [0.29, 0.717) is 28.6 Å². The maximum absolute atomic E-state index is 13.3. The number of aromatic nitrogens is 1. The van der Waals surface area contributed by atoms with Gasteiger partial charge in [-0.1, -0.05) is 0 Å². The van der Waals surface area contributed by atoms with Gasteiger partial charge in [-0.25, -0.2) is 4.98 Å². The predicted octanol–water partition coefficient (Wildman–Crippen LogP) is 3.76. The van der Waals surface area contributed by atoms with Crippen molar-refractivity contribution in [2.45, 2.75) is 30.2 Å². The number of pyridine rings is 1. The van der Waals surface area contributed by atoms with E-state index in [0.717, 1.165) is 42.0 Å². The van der Waals surface area contributed by atoms with Gasteiger partial charge in [0.15, 0.2) is 0 Å². The lowest BCUT2D eigenvalue weighted by atomic mass is 10.1. The Morgan fingerprint density at radius 2 is 2.19 bits per heavy atom. The lowest BCUT2D eigenvalue weighted by Crippen LogP contribution is -2.30. The number of ether oxygens (including phenoxy) is 1. The summed E-state index contributed by atoms with van der Waals surface area (Å²) >= 11 is 1.42. The lowest BCUT2D eigenvalue weighted by Gasteiger charge is -2.19. The molecule has 5 nitrogen and oxygen atoms in total. The molecule has 1 aromatic carbocycles. The highest BCUT2D eigenvalue weighted by Crippen LogP contribution is 2.41. The summed E-state index contributed by atoms with van der Waals surface area (Å²) in [5.41, 5.74) is 3.78. The smallest absolute Gasteiger partial charge is 0.259 e. The van der Waals surface area contributed by atoms with Gasteiger partial charge in [0, 0.05) is 23.8 Å². The molecule has 1 aliphatic heterocycles. The van der Waals surface area contributed by atoms with Crippen LogP contribution in [0.5, 0.6) is 5.75 Å². The number of nitrogens with zero attached hydrogens (tertiary/aromatic N) is 3. The normalized spacial score (nSPS) is 15.5. The topological polar surface area (TPSA) is 66.2 Å². The van der Waals surface area contributed by atoms with Gasteiger partial charge in [0.1, 0.15) is 16.8 Å². The summed E-state index contributed by atoms with van der Waals surface area (Å²) in [6.07, 6.45) is 4.89. The molecule has 1 saturated carbocycles. The van der Waals surface area contributed by atoms with Crippen molar-refractivity contribution in [2.24, 2.45) is 0 Å². The van der Waals surface area contributed by atoms with Crippen molar-refractivity contribution < 1.29 is 9.53 Å². The Hall–Kier alpha value is -2.52. The molecule has 0 unspecified atom stereocenters. The first kappa shape index (κ1) is 16.9. The minimum Gasteiger partial charge on any atom is -0.497 e. The molecule has 132 valence electrons. The molecule has 4 rings (SSSR count). The molecule has 0 atom stereocenters. The largest absolute Gasteiger partial charge is 0.497 e. The van der Waals surface area contributed by atoms with Gasteiger partial charge in [0.05, 0.1) is 18.2 Å². The van der Waals surface area contributed by atoms with Gasteiger partial charge >= 0.3 is 0 Å². The first-order chi connectivity index (χ1) is 12.7. The second-order valence-electron chi connectivity index (χ2n) is 6.57. The van der Waals surface area contributed by atoms with Gasteiger partial charge in [-0.2, -0.15) is 5.26 Å². The monoisotopic (exact) mass is 365 g/mol.